The summed E-state index contributed by atoms with van der Waals surface area (Å²) in [5.74, 6) is 0.0810. The Balaban J connectivity index is 1.43. The third kappa shape index (κ3) is 6.06. The molecule has 0 saturated carbocycles. The maximum Gasteiger partial charge on any atom is 0.160 e. The number of anilines is 3. The molecule has 0 fully saturated rings. The third-order valence-electron chi connectivity index (χ3n) is 8.23. The fraction of sp³-hybridized carbons (Fsp3) is 0.0714. The van der Waals surface area contributed by atoms with Crippen molar-refractivity contribution in [2.45, 2.75) is 20.8 Å². The first kappa shape index (κ1) is 30.2. The third-order valence-corrected chi connectivity index (χ3v) is 8.23. The Bertz CT molecular complexity index is 1820. The van der Waals surface area contributed by atoms with E-state index in [1.165, 1.54) is 0 Å². The second-order valence-corrected chi connectivity index (χ2v) is 11.3. The Kier molecular flexibility index (Phi) is 8.53. The van der Waals surface area contributed by atoms with Gasteiger partial charge < -0.3 is 4.90 Å². The van der Waals surface area contributed by atoms with Gasteiger partial charge in [0.1, 0.15) is 0 Å². The number of carbonyl (C=O) groups excluding carboxylic acids is 3. The highest BCUT2D eigenvalue weighted by Gasteiger charge is 2.16. The average Bonchev–Trinajstić information content (AvgIpc) is 3.09. The first-order valence-electron chi connectivity index (χ1n) is 15.2. The van der Waals surface area contributed by atoms with Crippen molar-refractivity contribution in [3.63, 3.8) is 0 Å². The summed E-state index contributed by atoms with van der Waals surface area (Å²) in [5.41, 5.74) is 10.5. The summed E-state index contributed by atoms with van der Waals surface area (Å²) in [7, 11) is 0. The summed E-state index contributed by atoms with van der Waals surface area (Å²) in [6.07, 6.45) is 0. The molecule has 0 radical (unpaired) electrons. The van der Waals surface area contributed by atoms with E-state index in [4.69, 9.17) is 0 Å². The van der Waals surface area contributed by atoms with Crippen LogP contribution in [0.4, 0.5) is 17.1 Å². The fourth-order valence-corrected chi connectivity index (χ4v) is 5.94. The number of carbonyl (C=O) groups is 3. The predicted octanol–water partition coefficient (Wildman–Crippen LogP) is 10.8. The Morgan fingerprint density at radius 1 is 0.348 bits per heavy atom. The molecule has 0 aliphatic heterocycles. The molecule has 4 heteroatoms. The maximum absolute atomic E-state index is 12.3. The van der Waals surface area contributed by atoms with Crippen molar-refractivity contribution < 1.29 is 14.4 Å². The van der Waals surface area contributed by atoms with Gasteiger partial charge in [0, 0.05) is 33.8 Å². The minimum atomic E-state index is 0.0270. The summed E-state index contributed by atoms with van der Waals surface area (Å²) < 4.78 is 0. The highest BCUT2D eigenvalue weighted by molar-refractivity contribution is 6.02. The molecule has 0 heterocycles. The van der Waals surface area contributed by atoms with Crippen LogP contribution in [-0.4, -0.2) is 17.3 Å². The first-order chi connectivity index (χ1) is 22.3. The van der Waals surface area contributed by atoms with E-state index in [1.807, 2.05) is 109 Å². The number of benzene rings is 6. The van der Waals surface area contributed by atoms with Crippen molar-refractivity contribution in [3.8, 4) is 33.4 Å². The minimum Gasteiger partial charge on any atom is -0.311 e. The summed E-state index contributed by atoms with van der Waals surface area (Å²) >= 11 is 0. The van der Waals surface area contributed by atoms with E-state index in [-0.39, 0.29) is 17.3 Å². The van der Waals surface area contributed by atoms with Crippen molar-refractivity contribution in [3.05, 3.63) is 162 Å². The second kappa shape index (κ2) is 13.0. The normalized spacial score (nSPS) is 10.8. The SMILES string of the molecule is CC(=O)c1ccccc1-c1ccc(N(c2ccc(-c3ccccc3C(C)=O)cc2)c2ccc(-c3ccccc3C(C)=O)cc2)cc1. The Labute approximate surface area is 269 Å². The van der Waals surface area contributed by atoms with Crippen LogP contribution in [0.15, 0.2) is 146 Å². The zero-order valence-corrected chi connectivity index (χ0v) is 26.0. The van der Waals surface area contributed by atoms with E-state index in [1.54, 1.807) is 20.8 Å². The first-order valence-corrected chi connectivity index (χ1v) is 15.2. The maximum atomic E-state index is 12.3. The monoisotopic (exact) mass is 599 g/mol. The van der Waals surface area contributed by atoms with Gasteiger partial charge in [0.2, 0.25) is 0 Å². The van der Waals surface area contributed by atoms with Gasteiger partial charge in [-0.15, -0.1) is 0 Å². The van der Waals surface area contributed by atoms with Crippen LogP contribution in [-0.2, 0) is 0 Å². The van der Waals surface area contributed by atoms with Crippen LogP contribution < -0.4 is 4.90 Å². The van der Waals surface area contributed by atoms with Gasteiger partial charge in [-0.2, -0.15) is 0 Å². The Morgan fingerprint density at radius 3 is 0.826 bits per heavy atom. The van der Waals surface area contributed by atoms with Crippen LogP contribution in [0.5, 0.6) is 0 Å². The molecular weight excluding hydrogens is 566 g/mol. The van der Waals surface area contributed by atoms with Gasteiger partial charge in [-0.1, -0.05) is 109 Å². The molecule has 0 saturated heterocycles. The van der Waals surface area contributed by atoms with Crippen molar-refractivity contribution in [1.82, 2.24) is 0 Å². The van der Waals surface area contributed by atoms with Crippen LogP contribution in [0.25, 0.3) is 33.4 Å². The molecule has 0 aromatic heterocycles. The van der Waals surface area contributed by atoms with Crippen molar-refractivity contribution in [1.29, 1.82) is 0 Å². The number of rotatable bonds is 9. The number of ketones is 3. The molecule has 6 aromatic carbocycles. The minimum absolute atomic E-state index is 0.0270. The van der Waals surface area contributed by atoms with Gasteiger partial charge in [-0.05, 0) is 90.6 Å². The highest BCUT2D eigenvalue weighted by atomic mass is 16.1. The van der Waals surface area contributed by atoms with E-state index in [9.17, 15) is 14.4 Å². The molecule has 0 unspecified atom stereocenters. The summed E-state index contributed by atoms with van der Waals surface area (Å²) in [4.78, 5) is 39.1. The molecule has 0 amide bonds. The van der Waals surface area contributed by atoms with E-state index in [0.29, 0.717) is 16.7 Å². The number of hydrogen-bond donors (Lipinski definition) is 0. The number of Topliss-reactive ketones (excluding diaryl/α,β-unsaturated/α-hetero) is 3. The van der Waals surface area contributed by atoms with Gasteiger partial charge >= 0.3 is 0 Å². The summed E-state index contributed by atoms with van der Waals surface area (Å²) in [6.45, 7) is 4.77. The lowest BCUT2D eigenvalue weighted by molar-refractivity contribution is 0.101. The van der Waals surface area contributed by atoms with E-state index in [0.717, 1.165) is 50.4 Å². The Morgan fingerprint density at radius 2 is 0.587 bits per heavy atom. The van der Waals surface area contributed by atoms with Crippen molar-refractivity contribution >= 4 is 34.4 Å². The average molecular weight is 600 g/mol. The predicted molar refractivity (Wildman–Crippen MR) is 187 cm³/mol. The Hall–Kier alpha value is -5.87. The number of hydrogen-bond acceptors (Lipinski definition) is 4. The lowest BCUT2D eigenvalue weighted by atomic mass is 9.96. The van der Waals surface area contributed by atoms with Crippen LogP contribution >= 0.6 is 0 Å². The van der Waals surface area contributed by atoms with E-state index in [2.05, 4.69) is 41.3 Å². The van der Waals surface area contributed by atoms with Crippen molar-refractivity contribution in [2.75, 3.05) is 4.90 Å². The molecule has 0 aliphatic rings. The van der Waals surface area contributed by atoms with Gasteiger partial charge in [0.15, 0.2) is 17.3 Å². The zero-order valence-electron chi connectivity index (χ0n) is 26.0. The van der Waals surface area contributed by atoms with Crippen LogP contribution in [0.2, 0.25) is 0 Å². The summed E-state index contributed by atoms with van der Waals surface area (Å²) in [5, 5.41) is 0. The molecule has 4 nitrogen and oxygen atoms in total. The quantitative estimate of drug-likeness (QED) is 0.155. The lowest BCUT2D eigenvalue weighted by Gasteiger charge is -2.26. The largest absolute Gasteiger partial charge is 0.311 e. The molecule has 0 bridgehead atoms. The van der Waals surface area contributed by atoms with Crippen LogP contribution in [0, 0.1) is 0 Å². The zero-order chi connectivity index (χ0) is 32.2. The molecule has 0 atom stereocenters. The summed E-state index contributed by atoms with van der Waals surface area (Å²) in [6, 6.07) is 47.6. The van der Waals surface area contributed by atoms with Crippen molar-refractivity contribution in [2.24, 2.45) is 0 Å². The van der Waals surface area contributed by atoms with Crippen LogP contribution in [0.1, 0.15) is 51.8 Å². The standard InChI is InChI=1S/C42H33NO3/c1-28(44)37-10-4-7-13-40(37)31-16-22-34(23-17-31)43(35-24-18-32(19-25-35)41-14-8-5-11-38(41)29(2)45)36-26-20-33(21-27-36)42-15-9-6-12-39(42)30(3)46/h4-27H,1-3H3. The van der Waals surface area contributed by atoms with Gasteiger partial charge in [-0.25, -0.2) is 0 Å². The van der Waals surface area contributed by atoms with Gasteiger partial charge in [0.25, 0.3) is 0 Å². The van der Waals surface area contributed by atoms with E-state index >= 15 is 0 Å². The van der Waals surface area contributed by atoms with E-state index < -0.39 is 0 Å². The molecule has 6 aromatic rings. The van der Waals surface area contributed by atoms with Gasteiger partial charge in [0.05, 0.1) is 0 Å². The molecule has 46 heavy (non-hydrogen) atoms. The lowest BCUT2D eigenvalue weighted by Crippen LogP contribution is -2.10. The smallest absolute Gasteiger partial charge is 0.160 e. The fourth-order valence-electron chi connectivity index (χ4n) is 5.94. The topological polar surface area (TPSA) is 54.5 Å². The number of nitrogens with zero attached hydrogens (tertiary/aromatic N) is 1. The molecule has 0 aliphatic carbocycles. The molecule has 0 spiro atoms. The second-order valence-electron chi connectivity index (χ2n) is 11.3. The highest BCUT2D eigenvalue weighted by Crippen LogP contribution is 2.38. The van der Waals surface area contributed by atoms with Crippen LogP contribution in [0.3, 0.4) is 0 Å². The molecule has 6 rings (SSSR count). The molecule has 224 valence electrons. The molecule has 0 N–H and O–H groups in total. The molecular formula is C42H33NO3. The van der Waals surface area contributed by atoms with Gasteiger partial charge in [-0.3, -0.25) is 14.4 Å².